The lowest BCUT2D eigenvalue weighted by molar-refractivity contribution is 0.295. The lowest BCUT2D eigenvalue weighted by atomic mass is 10.4. The SMILES string of the molecule is COP(=O)(OC)SCSc1cc(Cl)ccc1Cl. The van der Waals surface area contributed by atoms with E-state index in [1.807, 2.05) is 0 Å². The predicted octanol–water partition coefficient (Wildman–Crippen LogP) is 5.18. The van der Waals surface area contributed by atoms with Gasteiger partial charge in [-0.2, -0.15) is 0 Å². The van der Waals surface area contributed by atoms with E-state index in [4.69, 9.17) is 32.2 Å². The molecule has 17 heavy (non-hydrogen) atoms. The second kappa shape index (κ2) is 7.29. The summed E-state index contributed by atoms with van der Waals surface area (Å²) in [6, 6.07) is 5.21. The summed E-state index contributed by atoms with van der Waals surface area (Å²) in [7, 11) is 2.71. The van der Waals surface area contributed by atoms with Gasteiger partial charge in [0.05, 0.1) is 10.1 Å². The smallest absolute Gasteiger partial charge is 0.304 e. The molecule has 0 N–H and O–H groups in total. The van der Waals surface area contributed by atoms with Crippen LogP contribution in [-0.4, -0.2) is 19.3 Å². The average molecular weight is 333 g/mol. The molecule has 1 rings (SSSR count). The molecule has 1 aromatic rings. The Morgan fingerprint density at radius 2 is 1.94 bits per heavy atom. The Bertz CT molecular complexity index is 423. The quantitative estimate of drug-likeness (QED) is 0.407. The molecule has 0 fully saturated rings. The van der Waals surface area contributed by atoms with Crippen LogP contribution in [0.4, 0.5) is 0 Å². The molecule has 0 heterocycles. The highest BCUT2D eigenvalue weighted by atomic mass is 35.5. The van der Waals surface area contributed by atoms with Crippen molar-refractivity contribution in [1.82, 2.24) is 0 Å². The first kappa shape index (κ1) is 15.7. The summed E-state index contributed by atoms with van der Waals surface area (Å²) < 4.78 is 21.3. The Morgan fingerprint density at radius 1 is 1.29 bits per heavy atom. The Kier molecular flexibility index (Phi) is 6.74. The van der Waals surface area contributed by atoms with E-state index in [-0.39, 0.29) is 0 Å². The molecule has 0 unspecified atom stereocenters. The fourth-order valence-electron chi connectivity index (χ4n) is 0.922. The summed E-state index contributed by atoms with van der Waals surface area (Å²) in [6.07, 6.45) is 0. The van der Waals surface area contributed by atoms with Crippen LogP contribution in [0.5, 0.6) is 0 Å². The minimum absolute atomic E-state index is 0.499. The zero-order valence-electron chi connectivity index (χ0n) is 9.18. The summed E-state index contributed by atoms with van der Waals surface area (Å²) in [5.74, 6) is 0. The largest absolute Gasteiger partial charge is 0.389 e. The number of halogens is 2. The third-order valence-electron chi connectivity index (χ3n) is 1.77. The fourth-order valence-corrected chi connectivity index (χ4v) is 5.72. The van der Waals surface area contributed by atoms with E-state index in [0.29, 0.717) is 15.1 Å². The first-order chi connectivity index (χ1) is 8.00. The molecule has 0 saturated heterocycles. The molecule has 0 saturated carbocycles. The van der Waals surface area contributed by atoms with Crippen LogP contribution >= 0.6 is 53.1 Å². The summed E-state index contributed by atoms with van der Waals surface area (Å²) >= 11 is 14.4. The highest BCUT2D eigenvalue weighted by Gasteiger charge is 2.21. The molecule has 0 amide bonds. The number of hydrogen-bond acceptors (Lipinski definition) is 5. The number of hydrogen-bond donors (Lipinski definition) is 0. The average Bonchev–Trinajstić information content (AvgIpc) is 2.33. The van der Waals surface area contributed by atoms with E-state index in [2.05, 4.69) is 0 Å². The van der Waals surface area contributed by atoms with Gasteiger partial charge in [0.15, 0.2) is 0 Å². The van der Waals surface area contributed by atoms with E-state index in [9.17, 15) is 4.57 Å². The molecule has 0 atom stereocenters. The summed E-state index contributed by atoms with van der Waals surface area (Å²) in [6.45, 7) is -3.03. The van der Waals surface area contributed by atoms with Crippen LogP contribution in [-0.2, 0) is 13.6 Å². The van der Waals surface area contributed by atoms with Crippen molar-refractivity contribution < 1.29 is 13.6 Å². The Balaban J connectivity index is 2.56. The number of thioether (sulfide) groups is 1. The molecule has 0 aliphatic rings. The van der Waals surface area contributed by atoms with Gasteiger partial charge in [-0.1, -0.05) is 23.2 Å². The normalized spacial score (nSPS) is 11.8. The van der Waals surface area contributed by atoms with E-state index in [0.717, 1.165) is 16.3 Å². The van der Waals surface area contributed by atoms with Crippen molar-refractivity contribution in [3.8, 4) is 0 Å². The van der Waals surface area contributed by atoms with E-state index in [1.54, 1.807) is 18.2 Å². The lowest BCUT2D eigenvalue weighted by Crippen LogP contribution is -1.84. The van der Waals surface area contributed by atoms with Gasteiger partial charge in [0.2, 0.25) is 0 Å². The zero-order chi connectivity index (χ0) is 12.9. The third-order valence-corrected chi connectivity index (χ3v) is 7.99. The van der Waals surface area contributed by atoms with Crippen molar-refractivity contribution in [3.63, 3.8) is 0 Å². The molecular weight excluding hydrogens is 322 g/mol. The van der Waals surface area contributed by atoms with Crippen LogP contribution in [0.25, 0.3) is 0 Å². The molecule has 0 radical (unpaired) electrons. The first-order valence-corrected chi connectivity index (χ1v) is 9.32. The molecule has 3 nitrogen and oxygen atoms in total. The molecule has 8 heteroatoms. The summed E-state index contributed by atoms with van der Waals surface area (Å²) in [4.78, 5) is 0.838. The van der Waals surface area contributed by atoms with Crippen molar-refractivity contribution in [2.45, 2.75) is 4.90 Å². The maximum absolute atomic E-state index is 11.7. The van der Waals surface area contributed by atoms with Gasteiger partial charge in [-0.25, -0.2) is 4.57 Å². The molecular formula is C9H11Cl2O3PS2. The van der Waals surface area contributed by atoms with Gasteiger partial charge >= 0.3 is 6.80 Å². The van der Waals surface area contributed by atoms with Gasteiger partial charge in [0.1, 0.15) is 0 Å². The maximum atomic E-state index is 11.7. The van der Waals surface area contributed by atoms with Crippen molar-refractivity contribution in [1.29, 1.82) is 0 Å². The number of benzene rings is 1. The summed E-state index contributed by atoms with van der Waals surface area (Å²) in [5.41, 5.74) is 0. The molecule has 0 spiro atoms. The topological polar surface area (TPSA) is 35.5 Å². The van der Waals surface area contributed by atoms with Crippen molar-refractivity contribution >= 4 is 53.1 Å². The first-order valence-electron chi connectivity index (χ1n) is 4.44. The Labute approximate surface area is 119 Å². The second-order valence-electron chi connectivity index (χ2n) is 2.78. The van der Waals surface area contributed by atoms with Crippen LogP contribution in [0.15, 0.2) is 23.1 Å². The van der Waals surface area contributed by atoms with E-state index in [1.165, 1.54) is 26.0 Å². The van der Waals surface area contributed by atoms with Crippen LogP contribution in [0.2, 0.25) is 10.0 Å². The highest BCUT2D eigenvalue weighted by molar-refractivity contribution is 8.57. The van der Waals surface area contributed by atoms with Crippen LogP contribution < -0.4 is 0 Å². The highest BCUT2D eigenvalue weighted by Crippen LogP contribution is 2.60. The van der Waals surface area contributed by atoms with Crippen molar-refractivity contribution in [2.75, 3.05) is 19.3 Å². The van der Waals surface area contributed by atoms with Crippen LogP contribution in [0.3, 0.4) is 0 Å². The number of rotatable bonds is 6. The van der Waals surface area contributed by atoms with E-state index < -0.39 is 6.80 Å². The molecule has 1 aromatic carbocycles. The van der Waals surface area contributed by atoms with Gasteiger partial charge in [-0.3, -0.25) is 0 Å². The zero-order valence-corrected chi connectivity index (χ0v) is 13.2. The molecule has 0 aliphatic heterocycles. The van der Waals surface area contributed by atoms with Gasteiger partial charge in [-0.15, -0.1) is 11.8 Å². The van der Waals surface area contributed by atoms with Gasteiger partial charge in [0.25, 0.3) is 0 Å². The Morgan fingerprint density at radius 3 is 2.53 bits per heavy atom. The molecule has 0 aliphatic carbocycles. The van der Waals surface area contributed by atoms with Gasteiger partial charge in [-0.05, 0) is 29.6 Å². The maximum Gasteiger partial charge on any atom is 0.389 e. The standard InChI is InChI=1S/C9H11Cl2O3PS2/c1-13-15(12,14-2)17-6-16-9-5-7(10)3-4-8(9)11/h3-5H,6H2,1-2H3. The third kappa shape index (κ3) is 5.03. The fraction of sp³-hybridized carbons (Fsp3) is 0.333. The van der Waals surface area contributed by atoms with E-state index >= 15 is 0 Å². The monoisotopic (exact) mass is 332 g/mol. The minimum Gasteiger partial charge on any atom is -0.304 e. The molecule has 0 aromatic heterocycles. The molecule has 96 valence electrons. The lowest BCUT2D eigenvalue weighted by Gasteiger charge is -2.12. The minimum atomic E-state index is -3.03. The van der Waals surface area contributed by atoms with Crippen molar-refractivity contribution in [3.05, 3.63) is 28.2 Å². The van der Waals surface area contributed by atoms with Gasteiger partial charge < -0.3 is 9.05 Å². The molecule has 0 bridgehead atoms. The van der Waals surface area contributed by atoms with Gasteiger partial charge in [0, 0.05) is 24.1 Å². The van der Waals surface area contributed by atoms with Crippen LogP contribution in [0.1, 0.15) is 0 Å². The summed E-state index contributed by atoms with van der Waals surface area (Å²) in [5, 5.41) is 1.73. The predicted molar refractivity (Wildman–Crippen MR) is 76.4 cm³/mol. The Hall–Kier alpha value is 0.650. The van der Waals surface area contributed by atoms with Crippen molar-refractivity contribution in [2.24, 2.45) is 0 Å². The second-order valence-corrected chi connectivity index (χ2v) is 9.29. The van der Waals surface area contributed by atoms with Crippen LogP contribution in [0, 0.1) is 0 Å².